The summed E-state index contributed by atoms with van der Waals surface area (Å²) in [5.41, 5.74) is 2.37. The molecule has 2 N–H and O–H groups in total. The SMILES string of the molecule is c1cnc(NCc2cc3n(n2)CCN(C[C@@H]2CCCNC2)C3)nc1. The van der Waals surface area contributed by atoms with Crippen LogP contribution in [0.1, 0.15) is 24.2 Å². The number of anilines is 1. The summed E-state index contributed by atoms with van der Waals surface area (Å²) >= 11 is 0. The molecule has 0 aromatic carbocycles. The molecule has 0 spiro atoms. The fourth-order valence-corrected chi connectivity index (χ4v) is 3.63. The molecule has 7 nitrogen and oxygen atoms in total. The van der Waals surface area contributed by atoms with Crippen molar-refractivity contribution >= 4 is 5.95 Å². The van der Waals surface area contributed by atoms with Crippen molar-refractivity contribution < 1.29 is 0 Å². The highest BCUT2D eigenvalue weighted by molar-refractivity contribution is 5.24. The summed E-state index contributed by atoms with van der Waals surface area (Å²) in [5.74, 6) is 1.44. The molecule has 1 atom stereocenters. The first kappa shape index (κ1) is 15.5. The molecule has 1 saturated heterocycles. The molecule has 0 saturated carbocycles. The molecule has 0 bridgehead atoms. The Kier molecular flexibility index (Phi) is 4.71. The van der Waals surface area contributed by atoms with Gasteiger partial charge in [-0.3, -0.25) is 9.58 Å². The van der Waals surface area contributed by atoms with Crippen LogP contribution in [-0.4, -0.2) is 50.8 Å². The van der Waals surface area contributed by atoms with Crippen LogP contribution in [0.3, 0.4) is 0 Å². The Morgan fingerprint density at radius 3 is 3.00 bits per heavy atom. The smallest absolute Gasteiger partial charge is 0.222 e. The molecule has 2 aliphatic rings. The Morgan fingerprint density at radius 2 is 2.17 bits per heavy atom. The summed E-state index contributed by atoms with van der Waals surface area (Å²) in [5, 5.41) is 11.4. The number of rotatable bonds is 5. The second kappa shape index (κ2) is 7.27. The second-order valence-corrected chi connectivity index (χ2v) is 6.72. The van der Waals surface area contributed by atoms with Gasteiger partial charge in [0.1, 0.15) is 0 Å². The van der Waals surface area contributed by atoms with E-state index in [1.807, 2.05) is 6.07 Å². The van der Waals surface area contributed by atoms with Gasteiger partial charge in [-0.15, -0.1) is 0 Å². The average Bonchev–Trinajstić information content (AvgIpc) is 3.04. The Labute approximate surface area is 142 Å². The van der Waals surface area contributed by atoms with Gasteiger partial charge in [0.25, 0.3) is 0 Å². The Balaban J connectivity index is 1.33. The molecule has 2 aromatic rings. The molecule has 7 heteroatoms. The van der Waals surface area contributed by atoms with Crippen molar-refractivity contribution in [3.05, 3.63) is 35.9 Å². The van der Waals surface area contributed by atoms with Crippen LogP contribution in [0.15, 0.2) is 24.5 Å². The van der Waals surface area contributed by atoms with Crippen molar-refractivity contribution in [1.29, 1.82) is 0 Å². The quantitative estimate of drug-likeness (QED) is 0.857. The molecule has 4 rings (SSSR count). The normalized spacial score (nSPS) is 21.4. The van der Waals surface area contributed by atoms with Gasteiger partial charge in [-0.05, 0) is 44.0 Å². The third-order valence-corrected chi connectivity index (χ3v) is 4.84. The molecule has 2 aromatic heterocycles. The largest absolute Gasteiger partial charge is 0.348 e. The van der Waals surface area contributed by atoms with E-state index in [1.165, 1.54) is 38.2 Å². The van der Waals surface area contributed by atoms with Crippen LogP contribution in [0.25, 0.3) is 0 Å². The van der Waals surface area contributed by atoms with Crippen LogP contribution < -0.4 is 10.6 Å². The topological polar surface area (TPSA) is 70.9 Å². The van der Waals surface area contributed by atoms with Crippen LogP contribution in [-0.2, 0) is 19.6 Å². The van der Waals surface area contributed by atoms with Crippen LogP contribution in [0.2, 0.25) is 0 Å². The summed E-state index contributed by atoms with van der Waals surface area (Å²) < 4.78 is 2.15. The molecule has 4 heterocycles. The number of nitrogens with one attached hydrogen (secondary N) is 2. The van der Waals surface area contributed by atoms with Gasteiger partial charge in [-0.25, -0.2) is 9.97 Å². The molecule has 128 valence electrons. The number of aromatic nitrogens is 4. The van der Waals surface area contributed by atoms with E-state index in [1.54, 1.807) is 12.4 Å². The summed E-state index contributed by atoms with van der Waals surface area (Å²) in [7, 11) is 0. The van der Waals surface area contributed by atoms with Crippen molar-refractivity contribution in [2.75, 3.05) is 31.5 Å². The van der Waals surface area contributed by atoms with E-state index >= 15 is 0 Å². The number of piperidine rings is 1. The lowest BCUT2D eigenvalue weighted by molar-refractivity contribution is 0.168. The summed E-state index contributed by atoms with van der Waals surface area (Å²) in [6.45, 7) is 7.30. The van der Waals surface area contributed by atoms with Gasteiger partial charge >= 0.3 is 0 Å². The minimum Gasteiger partial charge on any atom is -0.348 e. The van der Waals surface area contributed by atoms with E-state index in [0.29, 0.717) is 12.5 Å². The molecule has 2 aliphatic heterocycles. The lowest BCUT2D eigenvalue weighted by Crippen LogP contribution is -2.41. The summed E-state index contributed by atoms with van der Waals surface area (Å²) in [4.78, 5) is 10.9. The Bertz CT molecular complexity index is 648. The highest BCUT2D eigenvalue weighted by Gasteiger charge is 2.22. The fraction of sp³-hybridized carbons (Fsp3) is 0.588. The van der Waals surface area contributed by atoms with Gasteiger partial charge in [0.2, 0.25) is 5.95 Å². The van der Waals surface area contributed by atoms with E-state index in [0.717, 1.165) is 31.2 Å². The van der Waals surface area contributed by atoms with Gasteiger partial charge in [0.15, 0.2) is 0 Å². The second-order valence-electron chi connectivity index (χ2n) is 6.72. The van der Waals surface area contributed by atoms with E-state index in [9.17, 15) is 0 Å². The number of nitrogens with zero attached hydrogens (tertiary/aromatic N) is 5. The average molecular weight is 327 g/mol. The van der Waals surface area contributed by atoms with Gasteiger partial charge in [0, 0.05) is 32.0 Å². The lowest BCUT2D eigenvalue weighted by atomic mass is 9.99. The summed E-state index contributed by atoms with van der Waals surface area (Å²) in [6.07, 6.45) is 6.15. The van der Waals surface area contributed by atoms with Gasteiger partial charge in [-0.1, -0.05) is 0 Å². The standard InChI is InChI=1S/C17H25N7/c1-3-14(10-18-4-1)12-23-7-8-24-16(13-23)9-15(22-24)11-21-17-19-5-2-6-20-17/h2,5-6,9,14,18H,1,3-4,7-8,10-13H2,(H,19,20,21)/t14-/m1/s1. The molecule has 0 radical (unpaired) electrons. The van der Waals surface area contributed by atoms with E-state index in [-0.39, 0.29) is 0 Å². The van der Waals surface area contributed by atoms with Crippen molar-refractivity contribution in [2.24, 2.45) is 5.92 Å². The fourth-order valence-electron chi connectivity index (χ4n) is 3.63. The maximum atomic E-state index is 4.71. The van der Waals surface area contributed by atoms with Crippen molar-refractivity contribution in [2.45, 2.75) is 32.5 Å². The zero-order valence-corrected chi connectivity index (χ0v) is 14.0. The first-order valence-electron chi connectivity index (χ1n) is 8.86. The minimum atomic E-state index is 0.648. The summed E-state index contributed by atoms with van der Waals surface area (Å²) in [6, 6.07) is 4.03. The molecular weight excluding hydrogens is 302 g/mol. The monoisotopic (exact) mass is 327 g/mol. The first-order chi connectivity index (χ1) is 11.9. The van der Waals surface area contributed by atoms with Crippen LogP contribution in [0, 0.1) is 5.92 Å². The van der Waals surface area contributed by atoms with Crippen LogP contribution in [0.5, 0.6) is 0 Å². The van der Waals surface area contributed by atoms with E-state index in [2.05, 4.69) is 36.2 Å². The molecule has 24 heavy (non-hydrogen) atoms. The molecule has 1 fully saturated rings. The number of hydrogen-bond acceptors (Lipinski definition) is 6. The van der Waals surface area contributed by atoms with Gasteiger partial charge < -0.3 is 10.6 Å². The zero-order chi connectivity index (χ0) is 16.2. The molecular formula is C17H25N7. The Morgan fingerprint density at radius 1 is 1.25 bits per heavy atom. The van der Waals surface area contributed by atoms with Gasteiger partial charge in [-0.2, -0.15) is 5.10 Å². The number of fused-ring (bicyclic) bond motifs is 1. The third-order valence-electron chi connectivity index (χ3n) is 4.84. The highest BCUT2D eigenvalue weighted by atomic mass is 15.3. The molecule has 0 amide bonds. The van der Waals surface area contributed by atoms with Crippen molar-refractivity contribution in [3.63, 3.8) is 0 Å². The third kappa shape index (κ3) is 3.73. The minimum absolute atomic E-state index is 0.648. The predicted molar refractivity (Wildman–Crippen MR) is 92.5 cm³/mol. The van der Waals surface area contributed by atoms with E-state index < -0.39 is 0 Å². The highest BCUT2D eigenvalue weighted by Crippen LogP contribution is 2.18. The molecule has 0 aliphatic carbocycles. The Hall–Kier alpha value is -1.99. The van der Waals surface area contributed by atoms with Gasteiger partial charge in [0.05, 0.1) is 24.5 Å². The van der Waals surface area contributed by atoms with E-state index in [4.69, 9.17) is 5.10 Å². The number of hydrogen-bond donors (Lipinski definition) is 2. The van der Waals surface area contributed by atoms with Crippen LogP contribution in [0.4, 0.5) is 5.95 Å². The zero-order valence-electron chi connectivity index (χ0n) is 14.0. The van der Waals surface area contributed by atoms with Crippen LogP contribution >= 0.6 is 0 Å². The molecule has 0 unspecified atom stereocenters. The van der Waals surface area contributed by atoms with Crippen molar-refractivity contribution in [3.8, 4) is 0 Å². The lowest BCUT2D eigenvalue weighted by Gasteiger charge is -2.32. The maximum absolute atomic E-state index is 4.71. The maximum Gasteiger partial charge on any atom is 0.222 e. The first-order valence-corrected chi connectivity index (χ1v) is 8.86. The predicted octanol–water partition coefficient (Wildman–Crippen LogP) is 1.10. The van der Waals surface area contributed by atoms with Crippen molar-refractivity contribution in [1.82, 2.24) is 30.0 Å².